The van der Waals surface area contributed by atoms with Gasteiger partial charge in [-0.15, -0.1) is 12.4 Å². The average molecular weight is 1080 g/mol. The molecule has 398 valence electrons. The average Bonchev–Trinajstić information content (AvgIpc) is 3.74. The number of alkyl carbamates (subject to hydrolysis) is 1. The van der Waals surface area contributed by atoms with E-state index in [9.17, 15) is 39.3 Å². The van der Waals surface area contributed by atoms with Crippen molar-refractivity contribution in [3.63, 3.8) is 0 Å². The summed E-state index contributed by atoms with van der Waals surface area (Å²) in [5, 5.41) is 44.6. The first-order chi connectivity index (χ1) is 33.0. The molecule has 2 amide bonds. The van der Waals surface area contributed by atoms with Gasteiger partial charge < -0.3 is 47.3 Å². The van der Waals surface area contributed by atoms with Crippen LogP contribution in [0.15, 0.2) is 60.7 Å². The van der Waals surface area contributed by atoms with Crippen molar-refractivity contribution in [3.05, 3.63) is 120 Å². The van der Waals surface area contributed by atoms with Crippen LogP contribution < -0.4 is 22.1 Å². The van der Waals surface area contributed by atoms with E-state index in [4.69, 9.17) is 56.1 Å². The summed E-state index contributed by atoms with van der Waals surface area (Å²) in [6, 6.07) is 16.7. The van der Waals surface area contributed by atoms with Crippen molar-refractivity contribution in [2.45, 2.75) is 151 Å². The number of carbonyl (C=O) groups is 5. The largest absolute Gasteiger partial charge is 0.507 e. The number of benzene rings is 4. The lowest BCUT2D eigenvalue weighted by atomic mass is 9.95. The Bertz CT molecular complexity index is 2460. The molecule has 0 bridgehead atoms. The summed E-state index contributed by atoms with van der Waals surface area (Å²) in [5.74, 6) is -0.0443. The summed E-state index contributed by atoms with van der Waals surface area (Å²) in [6.45, 7) is 17.6. The van der Waals surface area contributed by atoms with Gasteiger partial charge in [-0.1, -0.05) is 64.6 Å². The van der Waals surface area contributed by atoms with Crippen molar-refractivity contribution in [1.82, 2.24) is 10.6 Å². The molecule has 10 N–H and O–H groups in total. The second-order valence-electron chi connectivity index (χ2n) is 19.1. The Morgan fingerprint density at radius 1 is 0.708 bits per heavy atom. The third-order valence-electron chi connectivity index (χ3n) is 11.5. The molecule has 0 saturated heterocycles. The highest BCUT2D eigenvalue weighted by atomic mass is 35.5. The number of halogens is 4. The molecule has 0 heterocycles. The maximum absolute atomic E-state index is 12.7. The number of Topliss-reactive ketones (excluding diaryl/α,β-unsaturated/α-hetero) is 2. The zero-order chi connectivity index (χ0) is 53.9. The minimum Gasteiger partial charge on any atom is -0.507 e. The molecule has 1 saturated carbocycles. The quantitative estimate of drug-likeness (QED) is 0.0554. The molecule has 1 fully saturated rings. The molecule has 4 aromatic rings. The lowest BCUT2D eigenvalue weighted by Crippen LogP contribution is -2.41. The predicted octanol–water partition coefficient (Wildman–Crippen LogP) is 10.7. The lowest BCUT2D eigenvalue weighted by molar-refractivity contribution is -0.139. The van der Waals surface area contributed by atoms with Gasteiger partial charge in [-0.2, -0.15) is 0 Å². The number of carboxylic acids is 1. The molecule has 0 aliphatic heterocycles. The van der Waals surface area contributed by atoms with Gasteiger partial charge in [-0.05, 0) is 183 Å². The molecule has 0 spiro atoms. The fraction of sp³-hybridized carbons (Fsp3) is 0.463. The van der Waals surface area contributed by atoms with Gasteiger partial charge in [0.25, 0.3) is 0 Å². The van der Waals surface area contributed by atoms with Crippen molar-refractivity contribution in [1.29, 1.82) is 0 Å². The molecule has 18 heteroatoms. The van der Waals surface area contributed by atoms with Crippen LogP contribution in [-0.2, 0) is 49.7 Å². The number of hydrogen-bond donors (Lipinski definition) is 8. The van der Waals surface area contributed by atoms with Gasteiger partial charge in [0.2, 0.25) is 5.91 Å². The summed E-state index contributed by atoms with van der Waals surface area (Å²) in [7, 11) is 0. The van der Waals surface area contributed by atoms with E-state index in [1.807, 2.05) is 0 Å². The molecule has 4 aromatic carbocycles. The predicted molar refractivity (Wildman–Crippen MR) is 289 cm³/mol. The number of nitrogens with two attached hydrogens (primary N) is 2. The fourth-order valence-corrected chi connectivity index (χ4v) is 8.43. The number of amides is 2. The number of phenolic OH excluding ortho intramolecular Hbond substituents is 3. The van der Waals surface area contributed by atoms with E-state index < -0.39 is 35.8 Å². The van der Waals surface area contributed by atoms with E-state index >= 15 is 0 Å². The first kappa shape index (κ1) is 64.9. The Balaban J connectivity index is 0.000000531. The molecule has 72 heavy (non-hydrogen) atoms. The molecule has 1 aliphatic carbocycles. The van der Waals surface area contributed by atoms with Crippen molar-refractivity contribution in [3.8, 4) is 17.2 Å². The van der Waals surface area contributed by atoms with E-state index in [1.54, 1.807) is 91.8 Å². The van der Waals surface area contributed by atoms with Crippen LogP contribution in [0, 0.1) is 39.5 Å². The molecule has 5 rings (SSSR count). The SMILES string of the molecule is C[C@H](NC(=O)OC(C)(C)C)C(=O)O.Cc1cc(Cl)cc(CCC(=O)[C@H](C)N)c1O.Cc1cc(Cl)cc(CN)c1O.Cc1cccc(C[C@@H]2CC[C@@H](C(=O)N[C@@H](C)C(=O)CCc3cc(Cl)cc(C)c3O)C2)c1.Cl. The van der Waals surface area contributed by atoms with Crippen LogP contribution in [-0.4, -0.2) is 73.7 Å². The van der Waals surface area contributed by atoms with E-state index in [0.717, 1.165) is 36.8 Å². The minimum absolute atomic E-state index is 0. The van der Waals surface area contributed by atoms with Gasteiger partial charge in [0.1, 0.15) is 34.7 Å². The molecule has 0 aromatic heterocycles. The smallest absolute Gasteiger partial charge is 0.408 e. The van der Waals surface area contributed by atoms with Gasteiger partial charge in [0, 0.05) is 45.9 Å². The van der Waals surface area contributed by atoms with E-state index in [0.29, 0.717) is 69.0 Å². The van der Waals surface area contributed by atoms with Gasteiger partial charge >= 0.3 is 12.1 Å². The fourth-order valence-electron chi connectivity index (χ4n) is 7.54. The summed E-state index contributed by atoms with van der Waals surface area (Å²) in [5.41, 5.74) is 17.0. The minimum atomic E-state index is -1.09. The monoisotopic (exact) mass is 1080 g/mol. The van der Waals surface area contributed by atoms with Crippen LogP contribution in [0.3, 0.4) is 0 Å². The lowest BCUT2D eigenvalue weighted by Gasteiger charge is -2.20. The van der Waals surface area contributed by atoms with Crippen molar-refractivity contribution < 1.29 is 49.1 Å². The first-order valence-electron chi connectivity index (χ1n) is 23.5. The number of aryl methyl sites for hydroxylation is 6. The Morgan fingerprint density at radius 2 is 1.18 bits per heavy atom. The van der Waals surface area contributed by atoms with Crippen LogP contribution >= 0.6 is 47.2 Å². The zero-order valence-electron chi connectivity index (χ0n) is 43.0. The molecule has 5 atom stereocenters. The van der Waals surface area contributed by atoms with Crippen molar-refractivity contribution in [2.24, 2.45) is 23.3 Å². The Labute approximate surface area is 446 Å². The number of ketones is 2. The highest BCUT2D eigenvalue weighted by molar-refractivity contribution is 6.31. The number of carbonyl (C=O) groups excluding carboxylic acids is 4. The summed E-state index contributed by atoms with van der Waals surface area (Å²) >= 11 is 17.7. The Kier molecular flexibility index (Phi) is 27.8. The van der Waals surface area contributed by atoms with Crippen LogP contribution in [0.5, 0.6) is 17.2 Å². The number of aromatic hydroxyl groups is 3. The number of ether oxygens (including phenoxy) is 1. The number of carboxylic acid groups (broad SMARTS) is 1. The number of phenols is 3. The van der Waals surface area contributed by atoms with Crippen molar-refractivity contribution in [2.75, 3.05) is 0 Å². The standard InChI is InChI=1S/C26H32ClNO3.C12H16ClNO2.C8H10ClNO.C8H15NO4.ClH/c1-16-5-4-6-19(11-16)13-20-7-8-22(14-20)26(31)28-18(3)24(29)10-9-21-15-23(27)12-17(2)25(21)30;1-7-5-10(13)6-9(12(7)16)3-4-11(15)8(2)14;1-5-2-7(9)3-6(4-10)8(5)11;1-5(6(10)11)9-7(12)13-8(2,3)4;/h4-6,11-12,15,18,20,22,30H,7-10,13-14H2,1-3H3,(H,28,31);5-6,8,16H,3-4,14H2,1-2H3;2-3,11H,4,10H2,1H3;5H,1-4H3,(H,9,12)(H,10,11);1H/t18-,20-,22+;8-;;5-;/m00.0./s1. The highest BCUT2D eigenvalue weighted by Gasteiger charge is 2.31. The maximum Gasteiger partial charge on any atom is 0.408 e. The van der Waals surface area contributed by atoms with Crippen LogP contribution in [0.2, 0.25) is 15.1 Å². The number of aliphatic carboxylic acids is 1. The number of hydrogen-bond acceptors (Lipinski definition) is 11. The molecule has 1 aliphatic rings. The summed E-state index contributed by atoms with van der Waals surface area (Å²) < 4.78 is 4.85. The third-order valence-corrected chi connectivity index (χ3v) is 12.2. The number of nitrogens with one attached hydrogen (secondary N) is 2. The van der Waals surface area contributed by atoms with Gasteiger partial charge in [0.15, 0.2) is 5.78 Å². The summed E-state index contributed by atoms with van der Waals surface area (Å²) in [6.07, 6.45) is 4.50. The highest BCUT2D eigenvalue weighted by Crippen LogP contribution is 2.34. The Morgan fingerprint density at radius 3 is 1.62 bits per heavy atom. The van der Waals surface area contributed by atoms with Crippen LogP contribution in [0.1, 0.15) is 118 Å². The van der Waals surface area contributed by atoms with E-state index in [2.05, 4.69) is 41.8 Å². The molecule has 14 nitrogen and oxygen atoms in total. The second-order valence-corrected chi connectivity index (χ2v) is 20.4. The third kappa shape index (κ3) is 23.2. The number of rotatable bonds is 15. The molecular formula is C54H74Cl4N4O10. The van der Waals surface area contributed by atoms with E-state index in [1.165, 1.54) is 18.1 Å². The molecule has 0 unspecified atom stereocenters. The molecule has 0 radical (unpaired) electrons. The first-order valence-corrected chi connectivity index (χ1v) is 24.7. The van der Waals surface area contributed by atoms with E-state index in [-0.39, 0.29) is 59.5 Å². The zero-order valence-corrected chi connectivity index (χ0v) is 46.0. The maximum atomic E-state index is 12.7. The second kappa shape index (κ2) is 30.8. The van der Waals surface area contributed by atoms with Crippen LogP contribution in [0.25, 0.3) is 0 Å². The van der Waals surface area contributed by atoms with Gasteiger partial charge in [0.05, 0.1) is 12.1 Å². The van der Waals surface area contributed by atoms with Gasteiger partial charge in [-0.3, -0.25) is 19.2 Å². The normalized spacial score (nSPS) is 15.0. The van der Waals surface area contributed by atoms with Gasteiger partial charge in [-0.25, -0.2) is 4.79 Å². The topological polar surface area (TPSA) is 252 Å². The molecular weight excluding hydrogens is 1010 g/mol. The van der Waals surface area contributed by atoms with Crippen molar-refractivity contribution >= 4 is 76.7 Å². The summed E-state index contributed by atoms with van der Waals surface area (Å²) in [4.78, 5) is 57.9. The van der Waals surface area contributed by atoms with Crippen LogP contribution in [0.4, 0.5) is 4.79 Å². The Hall–Kier alpha value is -5.09.